The van der Waals surface area contributed by atoms with E-state index in [1.165, 1.54) is 16.8 Å². The first kappa shape index (κ1) is 13.8. The average molecular weight is 272 g/mol. The van der Waals surface area contributed by atoms with Crippen molar-refractivity contribution in [2.75, 3.05) is 11.9 Å². The average Bonchev–Trinajstić information content (AvgIpc) is 2.90. The first-order chi connectivity index (χ1) is 9.69. The molecule has 0 radical (unpaired) electrons. The quantitative estimate of drug-likeness (QED) is 0.818. The molecule has 2 aromatic rings. The van der Waals surface area contributed by atoms with Gasteiger partial charge in [-0.05, 0) is 24.3 Å². The maximum Gasteiger partial charge on any atom is 0.246 e. The van der Waals surface area contributed by atoms with E-state index < -0.39 is 5.82 Å². The van der Waals surface area contributed by atoms with Crippen LogP contribution in [0.15, 0.2) is 36.7 Å². The number of anilines is 1. The van der Waals surface area contributed by atoms with Gasteiger partial charge in [-0.2, -0.15) is 5.10 Å². The second-order valence-electron chi connectivity index (χ2n) is 3.95. The standard InChI is InChI=1S/C14H13FN4O/c15-13-9-12(5-4-11(13)3-1-6-16)18-14(20)10-19-8-2-7-17-19/h2,4-5,7-9H,6,10,16H2,(H,18,20). The number of hydrogen-bond acceptors (Lipinski definition) is 3. The van der Waals surface area contributed by atoms with Crippen LogP contribution < -0.4 is 11.1 Å². The predicted molar refractivity (Wildman–Crippen MR) is 73.2 cm³/mol. The Morgan fingerprint density at radius 1 is 1.50 bits per heavy atom. The molecule has 20 heavy (non-hydrogen) atoms. The molecule has 0 saturated heterocycles. The SMILES string of the molecule is NCC#Cc1ccc(NC(=O)Cn2cccn2)cc1F. The summed E-state index contributed by atoms with van der Waals surface area (Å²) in [6, 6.07) is 6.03. The van der Waals surface area contributed by atoms with Crippen molar-refractivity contribution in [1.29, 1.82) is 0 Å². The lowest BCUT2D eigenvalue weighted by Gasteiger charge is -2.06. The number of nitrogens with two attached hydrogens (primary N) is 1. The van der Waals surface area contributed by atoms with Gasteiger partial charge in [0.1, 0.15) is 12.4 Å². The minimum absolute atomic E-state index is 0.0728. The molecular weight excluding hydrogens is 259 g/mol. The van der Waals surface area contributed by atoms with E-state index in [2.05, 4.69) is 22.3 Å². The second kappa shape index (κ2) is 6.50. The topological polar surface area (TPSA) is 72.9 Å². The van der Waals surface area contributed by atoms with Crippen LogP contribution in [0.5, 0.6) is 0 Å². The number of nitrogens with one attached hydrogen (secondary N) is 1. The maximum atomic E-state index is 13.7. The van der Waals surface area contributed by atoms with Crippen molar-refractivity contribution >= 4 is 11.6 Å². The number of carbonyl (C=O) groups excluding carboxylic acids is 1. The largest absolute Gasteiger partial charge is 0.324 e. The van der Waals surface area contributed by atoms with Crippen molar-refractivity contribution < 1.29 is 9.18 Å². The van der Waals surface area contributed by atoms with Crippen LogP contribution in [0, 0.1) is 17.7 Å². The van der Waals surface area contributed by atoms with Gasteiger partial charge in [0, 0.05) is 18.1 Å². The summed E-state index contributed by atoms with van der Waals surface area (Å²) in [6.07, 6.45) is 3.25. The first-order valence-corrected chi connectivity index (χ1v) is 5.95. The van der Waals surface area contributed by atoms with Gasteiger partial charge in [0.05, 0.1) is 12.1 Å². The Labute approximate surface area is 115 Å². The lowest BCUT2D eigenvalue weighted by Crippen LogP contribution is -2.19. The predicted octanol–water partition coefficient (Wildman–Crippen LogP) is 0.971. The Hall–Kier alpha value is -2.65. The third kappa shape index (κ3) is 3.67. The van der Waals surface area contributed by atoms with Crippen LogP contribution in [-0.2, 0) is 11.3 Å². The fourth-order valence-electron chi connectivity index (χ4n) is 1.58. The zero-order valence-electron chi connectivity index (χ0n) is 10.6. The molecule has 0 aliphatic rings. The summed E-state index contributed by atoms with van der Waals surface area (Å²) >= 11 is 0. The number of aromatic nitrogens is 2. The van der Waals surface area contributed by atoms with Crippen LogP contribution in [0.4, 0.5) is 10.1 Å². The zero-order valence-corrected chi connectivity index (χ0v) is 10.6. The second-order valence-corrected chi connectivity index (χ2v) is 3.95. The van der Waals surface area contributed by atoms with Gasteiger partial charge in [0.15, 0.2) is 0 Å². The third-order valence-electron chi connectivity index (χ3n) is 2.44. The molecule has 0 atom stereocenters. The smallest absolute Gasteiger partial charge is 0.246 e. The van der Waals surface area contributed by atoms with E-state index in [0.29, 0.717) is 5.69 Å². The molecule has 0 spiro atoms. The van der Waals surface area contributed by atoms with Gasteiger partial charge in [0.25, 0.3) is 0 Å². The van der Waals surface area contributed by atoms with Gasteiger partial charge < -0.3 is 11.1 Å². The maximum absolute atomic E-state index is 13.7. The molecule has 1 aromatic heterocycles. The van der Waals surface area contributed by atoms with E-state index in [4.69, 9.17) is 5.73 Å². The first-order valence-electron chi connectivity index (χ1n) is 5.95. The fourth-order valence-corrected chi connectivity index (χ4v) is 1.58. The molecule has 2 rings (SSSR count). The van der Waals surface area contributed by atoms with E-state index in [1.54, 1.807) is 24.5 Å². The highest BCUT2D eigenvalue weighted by atomic mass is 19.1. The number of nitrogens with zero attached hydrogens (tertiary/aromatic N) is 2. The van der Waals surface area contributed by atoms with Gasteiger partial charge >= 0.3 is 0 Å². The van der Waals surface area contributed by atoms with Crippen molar-refractivity contribution in [2.24, 2.45) is 5.73 Å². The number of halogens is 1. The van der Waals surface area contributed by atoms with Crippen LogP contribution in [0.1, 0.15) is 5.56 Å². The summed E-state index contributed by atoms with van der Waals surface area (Å²) in [7, 11) is 0. The number of benzene rings is 1. The summed E-state index contributed by atoms with van der Waals surface area (Å²) < 4.78 is 15.2. The molecule has 1 aromatic carbocycles. The summed E-state index contributed by atoms with van der Waals surface area (Å²) in [5.74, 6) is 4.41. The van der Waals surface area contributed by atoms with Gasteiger partial charge in [-0.25, -0.2) is 4.39 Å². The molecule has 0 bridgehead atoms. The summed E-state index contributed by atoms with van der Waals surface area (Å²) in [5, 5.41) is 6.51. The number of rotatable bonds is 3. The Kier molecular flexibility index (Phi) is 4.47. The third-order valence-corrected chi connectivity index (χ3v) is 2.44. The summed E-state index contributed by atoms with van der Waals surface area (Å²) in [5.41, 5.74) is 5.85. The summed E-state index contributed by atoms with van der Waals surface area (Å²) in [4.78, 5) is 11.7. The number of amides is 1. The van der Waals surface area contributed by atoms with Gasteiger partial charge in [-0.15, -0.1) is 0 Å². The highest BCUT2D eigenvalue weighted by Crippen LogP contribution is 2.13. The lowest BCUT2D eigenvalue weighted by molar-refractivity contribution is -0.116. The van der Waals surface area contributed by atoms with E-state index in [9.17, 15) is 9.18 Å². The Morgan fingerprint density at radius 2 is 2.35 bits per heavy atom. The lowest BCUT2D eigenvalue weighted by atomic mass is 10.2. The van der Waals surface area contributed by atoms with E-state index in [-0.39, 0.29) is 24.6 Å². The Morgan fingerprint density at radius 3 is 3.00 bits per heavy atom. The van der Waals surface area contributed by atoms with Crippen molar-refractivity contribution in [3.63, 3.8) is 0 Å². The van der Waals surface area contributed by atoms with Gasteiger partial charge in [-0.3, -0.25) is 9.48 Å². The molecule has 0 saturated carbocycles. The molecular formula is C14H13FN4O. The molecule has 1 amide bonds. The van der Waals surface area contributed by atoms with Crippen LogP contribution in [-0.4, -0.2) is 22.2 Å². The molecule has 6 heteroatoms. The van der Waals surface area contributed by atoms with Crippen molar-refractivity contribution in [1.82, 2.24) is 9.78 Å². The zero-order chi connectivity index (χ0) is 14.4. The molecule has 3 N–H and O–H groups in total. The molecule has 0 fully saturated rings. The van der Waals surface area contributed by atoms with Gasteiger partial charge in [0.2, 0.25) is 5.91 Å². The molecule has 0 aliphatic heterocycles. The van der Waals surface area contributed by atoms with E-state index in [1.807, 2.05) is 0 Å². The van der Waals surface area contributed by atoms with Crippen LogP contribution >= 0.6 is 0 Å². The highest BCUT2D eigenvalue weighted by molar-refractivity contribution is 5.90. The van der Waals surface area contributed by atoms with E-state index in [0.717, 1.165) is 0 Å². The van der Waals surface area contributed by atoms with Gasteiger partial charge in [-0.1, -0.05) is 11.8 Å². The summed E-state index contributed by atoms with van der Waals surface area (Å²) in [6.45, 7) is 0.241. The van der Waals surface area contributed by atoms with Crippen molar-refractivity contribution in [3.8, 4) is 11.8 Å². The van der Waals surface area contributed by atoms with Crippen molar-refractivity contribution in [2.45, 2.75) is 6.54 Å². The highest BCUT2D eigenvalue weighted by Gasteiger charge is 2.06. The Bertz CT molecular complexity index is 656. The molecule has 0 unspecified atom stereocenters. The molecule has 1 heterocycles. The minimum Gasteiger partial charge on any atom is -0.324 e. The number of hydrogen-bond donors (Lipinski definition) is 2. The molecule has 102 valence electrons. The van der Waals surface area contributed by atoms with Crippen LogP contribution in [0.25, 0.3) is 0 Å². The monoisotopic (exact) mass is 272 g/mol. The number of carbonyl (C=O) groups is 1. The van der Waals surface area contributed by atoms with E-state index >= 15 is 0 Å². The van der Waals surface area contributed by atoms with Crippen molar-refractivity contribution in [3.05, 3.63) is 48.0 Å². The Balaban J connectivity index is 2.03. The van der Waals surface area contributed by atoms with Crippen LogP contribution in [0.3, 0.4) is 0 Å². The van der Waals surface area contributed by atoms with Crippen LogP contribution in [0.2, 0.25) is 0 Å². The normalized spacial score (nSPS) is 9.70. The fraction of sp³-hybridized carbons (Fsp3) is 0.143. The molecule has 0 aliphatic carbocycles. The molecule has 5 nitrogen and oxygen atoms in total. The minimum atomic E-state index is -0.497.